The number of aromatic amines is 1. The van der Waals surface area contributed by atoms with Gasteiger partial charge in [0.05, 0.1) is 11.6 Å². The first kappa shape index (κ1) is 20.1. The van der Waals surface area contributed by atoms with Gasteiger partial charge in [0.1, 0.15) is 23.9 Å². The molecule has 1 aliphatic rings. The molecule has 5 rings (SSSR count). The third-order valence-electron chi connectivity index (χ3n) is 5.24. The summed E-state index contributed by atoms with van der Waals surface area (Å²) in [5.41, 5.74) is 0.887. The Kier molecular flexibility index (Phi) is 5.02. The highest BCUT2D eigenvalue weighted by Gasteiger charge is 2.30. The van der Waals surface area contributed by atoms with Gasteiger partial charge in [0.25, 0.3) is 11.5 Å². The Labute approximate surface area is 185 Å². The summed E-state index contributed by atoms with van der Waals surface area (Å²) in [5.74, 6) is 0.517. The number of halogens is 1. The van der Waals surface area contributed by atoms with Crippen LogP contribution in [0.1, 0.15) is 24.6 Å². The molecule has 0 unspecified atom stereocenters. The largest absolute Gasteiger partial charge is 0.483 e. The topological polar surface area (TPSA) is 119 Å². The molecule has 0 aliphatic carbocycles. The van der Waals surface area contributed by atoms with E-state index in [1.54, 1.807) is 36.5 Å². The first-order valence-corrected chi connectivity index (χ1v) is 10.3. The van der Waals surface area contributed by atoms with Crippen molar-refractivity contribution < 1.29 is 18.7 Å². The Hall–Kier alpha value is -3.85. The van der Waals surface area contributed by atoms with Crippen molar-refractivity contribution in [3.05, 3.63) is 69.8 Å². The van der Waals surface area contributed by atoms with E-state index in [4.69, 9.17) is 20.8 Å². The van der Waals surface area contributed by atoms with Gasteiger partial charge in [-0.05, 0) is 42.8 Å². The van der Waals surface area contributed by atoms with E-state index in [1.807, 2.05) is 12.1 Å². The number of piperidine rings is 1. The minimum Gasteiger partial charge on any atom is -0.483 e. The highest BCUT2D eigenvalue weighted by atomic mass is 35.5. The van der Waals surface area contributed by atoms with Gasteiger partial charge in [0, 0.05) is 17.0 Å². The van der Waals surface area contributed by atoms with Crippen LogP contribution in [0.2, 0.25) is 5.02 Å². The number of para-hydroxylation sites is 1. The summed E-state index contributed by atoms with van der Waals surface area (Å²) in [5, 5.41) is 6.23. The van der Waals surface area contributed by atoms with Crippen LogP contribution in [0.5, 0.6) is 5.75 Å². The van der Waals surface area contributed by atoms with Gasteiger partial charge >= 0.3 is 0 Å². The number of fused-ring (bicyclic) bond motifs is 1. The standard InChI is InChI=1S/C22H17ClN4O5/c23-13-6-4-12(5-7-13)21-24-10-14(32-21)11-31-17-3-1-2-15-19(17)26-27(22(15)30)16-8-9-18(28)25-20(16)29/h1-7,10,16,26H,8-9,11H2,(H,25,28,29)/t16-/m0/s1. The van der Waals surface area contributed by atoms with E-state index in [0.717, 1.165) is 5.56 Å². The smallest absolute Gasteiger partial charge is 0.275 e. The molecule has 2 amide bonds. The number of hydrogen-bond donors (Lipinski definition) is 2. The number of H-pyrrole nitrogens is 1. The molecule has 32 heavy (non-hydrogen) atoms. The Balaban J connectivity index is 1.38. The normalized spacial score (nSPS) is 16.3. The van der Waals surface area contributed by atoms with Crippen LogP contribution in [0.25, 0.3) is 22.4 Å². The van der Waals surface area contributed by atoms with Crippen molar-refractivity contribution in [3.63, 3.8) is 0 Å². The van der Waals surface area contributed by atoms with Gasteiger partial charge < -0.3 is 9.15 Å². The lowest BCUT2D eigenvalue weighted by Gasteiger charge is -2.20. The second kappa shape index (κ2) is 8.01. The maximum Gasteiger partial charge on any atom is 0.275 e. The van der Waals surface area contributed by atoms with Gasteiger partial charge in [-0.3, -0.25) is 24.8 Å². The van der Waals surface area contributed by atoms with Gasteiger partial charge in [0.15, 0.2) is 5.76 Å². The minimum atomic E-state index is -0.781. The number of carbonyl (C=O) groups is 2. The Morgan fingerprint density at radius 3 is 2.75 bits per heavy atom. The summed E-state index contributed by atoms with van der Waals surface area (Å²) < 4.78 is 12.9. The summed E-state index contributed by atoms with van der Waals surface area (Å²) in [7, 11) is 0. The number of amides is 2. The molecule has 1 saturated heterocycles. The number of aromatic nitrogens is 3. The number of nitrogens with zero attached hydrogens (tertiary/aromatic N) is 2. The lowest BCUT2D eigenvalue weighted by molar-refractivity contribution is -0.136. The van der Waals surface area contributed by atoms with Crippen molar-refractivity contribution in [2.75, 3.05) is 0 Å². The molecule has 2 aromatic carbocycles. The van der Waals surface area contributed by atoms with Gasteiger partial charge in [0.2, 0.25) is 11.8 Å². The van der Waals surface area contributed by atoms with E-state index in [-0.39, 0.29) is 30.9 Å². The third-order valence-corrected chi connectivity index (χ3v) is 5.50. The van der Waals surface area contributed by atoms with Crippen molar-refractivity contribution in [3.8, 4) is 17.2 Å². The predicted molar refractivity (Wildman–Crippen MR) is 115 cm³/mol. The number of rotatable bonds is 5. The molecule has 1 aliphatic heterocycles. The van der Waals surface area contributed by atoms with Crippen LogP contribution in [0, 0.1) is 0 Å². The summed E-state index contributed by atoms with van der Waals surface area (Å²) in [6, 6.07) is 11.4. The molecule has 162 valence electrons. The second-order valence-electron chi connectivity index (χ2n) is 7.36. The fourth-order valence-corrected chi connectivity index (χ4v) is 3.77. The van der Waals surface area contributed by atoms with Crippen LogP contribution in [0.15, 0.2) is 57.9 Å². The average molecular weight is 453 g/mol. The molecular weight excluding hydrogens is 436 g/mol. The molecule has 2 aromatic heterocycles. The molecule has 3 heterocycles. The number of hydrogen-bond acceptors (Lipinski definition) is 6. The van der Waals surface area contributed by atoms with Gasteiger partial charge in [-0.15, -0.1) is 0 Å². The highest BCUT2D eigenvalue weighted by Crippen LogP contribution is 2.26. The summed E-state index contributed by atoms with van der Waals surface area (Å²) in [6.45, 7) is 0.0886. The van der Waals surface area contributed by atoms with Crippen LogP contribution in [0.3, 0.4) is 0 Å². The first-order chi connectivity index (χ1) is 15.5. The van der Waals surface area contributed by atoms with Crippen molar-refractivity contribution >= 4 is 34.3 Å². The van der Waals surface area contributed by atoms with Crippen LogP contribution >= 0.6 is 11.6 Å². The molecule has 0 bridgehead atoms. The Morgan fingerprint density at radius 1 is 1.16 bits per heavy atom. The minimum absolute atomic E-state index is 0.0886. The fourth-order valence-electron chi connectivity index (χ4n) is 3.64. The van der Waals surface area contributed by atoms with E-state index in [0.29, 0.717) is 33.3 Å². The molecule has 2 N–H and O–H groups in total. The number of nitrogens with one attached hydrogen (secondary N) is 2. The molecule has 4 aromatic rings. The van der Waals surface area contributed by atoms with Crippen molar-refractivity contribution in [2.45, 2.75) is 25.5 Å². The number of ether oxygens (including phenoxy) is 1. The van der Waals surface area contributed by atoms with E-state index >= 15 is 0 Å². The van der Waals surface area contributed by atoms with E-state index in [1.165, 1.54) is 4.68 Å². The van der Waals surface area contributed by atoms with Gasteiger partial charge in [-0.2, -0.15) is 0 Å². The number of benzene rings is 2. The fraction of sp³-hybridized carbons (Fsp3) is 0.182. The molecule has 0 radical (unpaired) electrons. The molecule has 1 fully saturated rings. The van der Waals surface area contributed by atoms with Gasteiger partial charge in [-0.1, -0.05) is 17.7 Å². The van der Waals surface area contributed by atoms with E-state index in [9.17, 15) is 14.4 Å². The highest BCUT2D eigenvalue weighted by molar-refractivity contribution is 6.30. The van der Waals surface area contributed by atoms with E-state index < -0.39 is 11.9 Å². The van der Waals surface area contributed by atoms with Crippen molar-refractivity contribution in [1.82, 2.24) is 20.1 Å². The lowest BCUT2D eigenvalue weighted by Crippen LogP contribution is -2.44. The maximum atomic E-state index is 12.8. The molecule has 9 nitrogen and oxygen atoms in total. The molecule has 10 heteroatoms. The zero-order valence-electron chi connectivity index (χ0n) is 16.6. The predicted octanol–water partition coefficient (Wildman–Crippen LogP) is 3.19. The zero-order chi connectivity index (χ0) is 22.2. The van der Waals surface area contributed by atoms with Crippen LogP contribution in [0.4, 0.5) is 0 Å². The number of carbonyl (C=O) groups excluding carboxylic acids is 2. The van der Waals surface area contributed by atoms with Gasteiger partial charge in [-0.25, -0.2) is 9.67 Å². The first-order valence-electron chi connectivity index (χ1n) is 9.90. The van der Waals surface area contributed by atoms with E-state index in [2.05, 4.69) is 15.4 Å². The SMILES string of the molecule is O=C1CC[C@H](n2[nH]c3c(OCc4cnc(-c5ccc(Cl)cc5)o4)cccc3c2=O)C(=O)N1. The van der Waals surface area contributed by atoms with Crippen molar-refractivity contribution in [1.29, 1.82) is 0 Å². The second-order valence-corrected chi connectivity index (χ2v) is 7.80. The maximum absolute atomic E-state index is 12.8. The molecule has 1 atom stereocenters. The molecule has 0 spiro atoms. The quantitative estimate of drug-likeness (QED) is 0.449. The van der Waals surface area contributed by atoms with Crippen LogP contribution in [-0.2, 0) is 16.2 Å². The van der Waals surface area contributed by atoms with Crippen LogP contribution < -0.4 is 15.6 Å². The Bertz CT molecular complexity index is 1390. The third kappa shape index (κ3) is 3.67. The Morgan fingerprint density at radius 2 is 1.97 bits per heavy atom. The van der Waals surface area contributed by atoms with Crippen molar-refractivity contribution in [2.24, 2.45) is 0 Å². The zero-order valence-corrected chi connectivity index (χ0v) is 17.4. The number of oxazole rings is 1. The average Bonchev–Trinajstić information content (AvgIpc) is 3.38. The summed E-state index contributed by atoms with van der Waals surface area (Å²) in [4.78, 5) is 40.7. The van der Waals surface area contributed by atoms with Crippen LogP contribution in [-0.4, -0.2) is 26.6 Å². The lowest BCUT2D eigenvalue weighted by atomic mass is 10.1. The summed E-state index contributed by atoms with van der Waals surface area (Å²) in [6.07, 6.45) is 1.99. The monoisotopic (exact) mass is 452 g/mol. The molecule has 0 saturated carbocycles. The number of imide groups is 1. The summed E-state index contributed by atoms with van der Waals surface area (Å²) >= 11 is 5.91. The molecular formula is C22H17ClN4O5.